The number of benzene rings is 2. The maximum absolute atomic E-state index is 13.1. The molecule has 1 heterocycles. The number of alkyl halides is 3. The van der Waals surface area contributed by atoms with Crippen molar-refractivity contribution in [1.29, 1.82) is 0 Å². The summed E-state index contributed by atoms with van der Waals surface area (Å²) in [7, 11) is -4.30. The topological polar surface area (TPSA) is 83.5 Å². The Balaban J connectivity index is 1.93. The summed E-state index contributed by atoms with van der Waals surface area (Å²) in [5, 5.41) is 9.96. The van der Waals surface area contributed by atoms with E-state index < -0.39 is 33.3 Å². The molecule has 1 atom stereocenters. The Bertz CT molecular complexity index is 1250. The average Bonchev–Trinajstić information content (AvgIpc) is 3.24. The van der Waals surface area contributed by atoms with Crippen LogP contribution in [-0.2, 0) is 27.4 Å². The van der Waals surface area contributed by atoms with Gasteiger partial charge in [0.1, 0.15) is 4.21 Å². The van der Waals surface area contributed by atoms with E-state index in [1.54, 1.807) is 30.3 Å². The lowest BCUT2D eigenvalue weighted by molar-refractivity contribution is -0.142. The molecule has 0 saturated carbocycles. The zero-order valence-electron chi connectivity index (χ0n) is 17.4. The fourth-order valence-corrected chi connectivity index (χ4v) is 5.92. The van der Waals surface area contributed by atoms with Gasteiger partial charge in [0.2, 0.25) is 0 Å². The number of thiophene rings is 1. The second-order valence-corrected chi connectivity index (χ2v) is 10.4. The Kier molecular flexibility index (Phi) is 6.83. The van der Waals surface area contributed by atoms with Gasteiger partial charge in [0.25, 0.3) is 10.0 Å². The van der Waals surface area contributed by atoms with E-state index in [-0.39, 0.29) is 16.2 Å². The summed E-state index contributed by atoms with van der Waals surface area (Å²) in [6.07, 6.45) is -4.64. The van der Waals surface area contributed by atoms with Gasteiger partial charge in [-0.2, -0.15) is 17.9 Å². The van der Waals surface area contributed by atoms with Gasteiger partial charge in [-0.1, -0.05) is 49.0 Å². The van der Waals surface area contributed by atoms with Gasteiger partial charge in [0, 0.05) is 11.3 Å². The monoisotopic (exact) mass is 495 g/mol. The number of hydrogen-bond donors (Lipinski definition) is 2. The number of carboxylic acid groups (broad SMARTS) is 1. The van der Waals surface area contributed by atoms with Gasteiger partial charge in [-0.3, -0.25) is 0 Å². The van der Waals surface area contributed by atoms with Crippen LogP contribution in [0.25, 0.3) is 10.4 Å². The molecule has 0 aliphatic heterocycles. The maximum Gasteiger partial charge on any atom is 0.416 e. The summed E-state index contributed by atoms with van der Waals surface area (Å²) in [6.45, 7) is 5.14. The van der Waals surface area contributed by atoms with Gasteiger partial charge >= 0.3 is 12.1 Å². The first-order chi connectivity index (χ1) is 15.3. The SMILES string of the molecule is C=C(C)[C@@](Cc1ccccc1)(NS(=O)(=O)c1ccc(-c2ccc(C(F)(F)F)cc2)s1)C(=O)O. The lowest BCUT2D eigenvalue weighted by Gasteiger charge is -2.30. The average molecular weight is 496 g/mol. The Morgan fingerprint density at radius 2 is 1.64 bits per heavy atom. The van der Waals surface area contributed by atoms with Crippen LogP contribution in [0.4, 0.5) is 13.2 Å². The fourth-order valence-electron chi connectivity index (χ4n) is 3.20. The van der Waals surface area contributed by atoms with E-state index in [1.165, 1.54) is 31.2 Å². The molecule has 1 aromatic heterocycles. The smallest absolute Gasteiger partial charge is 0.416 e. The van der Waals surface area contributed by atoms with E-state index in [9.17, 15) is 31.5 Å². The fraction of sp³-hybridized carbons (Fsp3) is 0.174. The van der Waals surface area contributed by atoms with Crippen LogP contribution < -0.4 is 4.72 Å². The lowest BCUT2D eigenvalue weighted by Crippen LogP contribution is -2.56. The van der Waals surface area contributed by atoms with Crippen LogP contribution >= 0.6 is 11.3 Å². The van der Waals surface area contributed by atoms with E-state index in [2.05, 4.69) is 11.3 Å². The van der Waals surface area contributed by atoms with Crippen molar-refractivity contribution in [3.8, 4) is 10.4 Å². The van der Waals surface area contributed by atoms with Crippen LogP contribution in [0.15, 0.2) is 83.1 Å². The predicted octanol–water partition coefficient (Wildman–Crippen LogP) is 5.35. The van der Waals surface area contributed by atoms with Crippen molar-refractivity contribution in [2.24, 2.45) is 0 Å². The molecule has 3 aromatic rings. The summed E-state index contributed by atoms with van der Waals surface area (Å²) >= 11 is 0.822. The quantitative estimate of drug-likeness (QED) is 0.413. The van der Waals surface area contributed by atoms with Crippen LogP contribution in [0.5, 0.6) is 0 Å². The summed E-state index contributed by atoms with van der Waals surface area (Å²) in [4.78, 5) is 12.7. The molecule has 0 fully saturated rings. The van der Waals surface area contributed by atoms with Crippen molar-refractivity contribution in [3.05, 3.63) is 90.0 Å². The lowest BCUT2D eigenvalue weighted by atomic mass is 9.86. The Labute approximate surface area is 193 Å². The number of aliphatic carboxylic acids is 1. The van der Waals surface area contributed by atoms with Crippen LogP contribution in [0.1, 0.15) is 18.1 Å². The van der Waals surface area contributed by atoms with Crippen molar-refractivity contribution in [2.45, 2.75) is 29.3 Å². The van der Waals surface area contributed by atoms with Gasteiger partial charge in [-0.05, 0) is 47.9 Å². The van der Waals surface area contributed by atoms with Crippen molar-refractivity contribution in [3.63, 3.8) is 0 Å². The Morgan fingerprint density at radius 1 is 1.03 bits per heavy atom. The molecule has 0 aliphatic carbocycles. The third-order valence-corrected chi connectivity index (χ3v) is 8.18. The third kappa shape index (κ3) is 5.35. The summed E-state index contributed by atoms with van der Waals surface area (Å²) in [6, 6.07) is 15.6. The summed E-state index contributed by atoms with van der Waals surface area (Å²) in [5.74, 6) is -1.40. The maximum atomic E-state index is 13.1. The number of halogens is 3. The zero-order valence-corrected chi connectivity index (χ0v) is 19.0. The van der Waals surface area contributed by atoms with E-state index in [4.69, 9.17) is 0 Å². The largest absolute Gasteiger partial charge is 0.480 e. The van der Waals surface area contributed by atoms with Crippen molar-refractivity contribution in [2.75, 3.05) is 0 Å². The predicted molar refractivity (Wildman–Crippen MR) is 120 cm³/mol. The molecule has 10 heteroatoms. The molecule has 0 unspecified atom stereocenters. The van der Waals surface area contributed by atoms with Gasteiger partial charge in [0.05, 0.1) is 5.56 Å². The third-order valence-electron chi connectivity index (χ3n) is 5.06. The number of carboxylic acids is 1. The number of nitrogens with one attached hydrogen (secondary N) is 1. The van der Waals surface area contributed by atoms with Crippen LogP contribution in [0.2, 0.25) is 0 Å². The zero-order chi connectivity index (χ0) is 24.4. The first-order valence-electron chi connectivity index (χ1n) is 9.60. The first kappa shape index (κ1) is 24.7. The molecule has 33 heavy (non-hydrogen) atoms. The first-order valence-corrected chi connectivity index (χ1v) is 11.9. The molecule has 0 saturated heterocycles. The normalized spacial score (nSPS) is 13.9. The minimum atomic E-state index is -4.48. The Morgan fingerprint density at radius 3 is 2.15 bits per heavy atom. The van der Waals surface area contributed by atoms with Gasteiger partial charge in [0.15, 0.2) is 5.54 Å². The van der Waals surface area contributed by atoms with E-state index >= 15 is 0 Å². The minimum absolute atomic E-state index is 0.0990. The highest BCUT2D eigenvalue weighted by molar-refractivity contribution is 7.91. The molecular weight excluding hydrogens is 475 g/mol. The van der Waals surface area contributed by atoms with Gasteiger partial charge < -0.3 is 5.11 Å². The van der Waals surface area contributed by atoms with Crippen molar-refractivity contribution < 1.29 is 31.5 Å². The Hall–Kier alpha value is -2.95. The number of hydrogen-bond acceptors (Lipinski definition) is 4. The van der Waals surface area contributed by atoms with E-state index in [1.807, 2.05) is 0 Å². The molecule has 5 nitrogen and oxygen atoms in total. The van der Waals surface area contributed by atoms with Crippen molar-refractivity contribution in [1.82, 2.24) is 4.72 Å². The summed E-state index contributed by atoms with van der Waals surface area (Å²) < 4.78 is 66.7. The molecule has 0 bridgehead atoms. The highest BCUT2D eigenvalue weighted by Gasteiger charge is 2.44. The molecular formula is C23H20F3NO4S2. The number of carbonyl (C=O) groups is 1. The second-order valence-electron chi connectivity index (χ2n) is 7.45. The van der Waals surface area contributed by atoms with E-state index in [0.29, 0.717) is 16.0 Å². The van der Waals surface area contributed by atoms with Crippen molar-refractivity contribution >= 4 is 27.3 Å². The van der Waals surface area contributed by atoms with E-state index in [0.717, 1.165) is 23.5 Å². The van der Waals surface area contributed by atoms with Gasteiger partial charge in [-0.25, -0.2) is 13.2 Å². The van der Waals surface area contributed by atoms with Crippen LogP contribution in [0, 0.1) is 0 Å². The molecule has 2 aromatic carbocycles. The standard InChI is InChI=1S/C23H20F3NO4S2/c1-15(2)22(21(28)29,14-16-6-4-3-5-7-16)27-33(30,31)20-13-12-19(32-20)17-8-10-18(11-9-17)23(24,25)26/h3-13,27H,1,14H2,2H3,(H,28,29)/t22-/m1/s1. The molecule has 0 aliphatic rings. The highest BCUT2D eigenvalue weighted by Crippen LogP contribution is 2.35. The molecule has 3 rings (SSSR count). The molecule has 0 radical (unpaired) electrons. The second kappa shape index (κ2) is 9.12. The minimum Gasteiger partial charge on any atom is -0.480 e. The van der Waals surface area contributed by atoms with Crippen LogP contribution in [0.3, 0.4) is 0 Å². The number of sulfonamides is 1. The summed E-state index contributed by atoms with van der Waals surface area (Å²) in [5.41, 5.74) is -1.70. The number of rotatable bonds is 8. The molecule has 2 N–H and O–H groups in total. The molecule has 0 amide bonds. The van der Waals surface area contributed by atoms with Crippen LogP contribution in [-0.4, -0.2) is 25.0 Å². The molecule has 174 valence electrons. The molecule has 0 spiro atoms. The van der Waals surface area contributed by atoms with Gasteiger partial charge in [-0.15, -0.1) is 11.3 Å². The highest BCUT2D eigenvalue weighted by atomic mass is 32.2.